The maximum Gasteiger partial charge on any atom is 0.313 e. The van der Waals surface area contributed by atoms with Gasteiger partial charge in [0.2, 0.25) is 5.91 Å². The van der Waals surface area contributed by atoms with Crippen molar-refractivity contribution in [1.82, 2.24) is 5.32 Å². The molecule has 3 aromatic rings. The Hall–Kier alpha value is -3.67. The number of hydrogen-bond donors (Lipinski definition) is 3. The van der Waals surface area contributed by atoms with Crippen LogP contribution in [-0.4, -0.2) is 17.7 Å². The fourth-order valence-electron chi connectivity index (χ4n) is 2.93. The molecule has 6 heteroatoms. The van der Waals surface area contributed by atoms with Crippen LogP contribution in [0.4, 0.5) is 11.4 Å². The Morgan fingerprint density at radius 1 is 0.793 bits per heavy atom. The molecule has 0 unspecified atom stereocenters. The van der Waals surface area contributed by atoms with Crippen LogP contribution in [0.2, 0.25) is 0 Å². The van der Waals surface area contributed by atoms with Crippen molar-refractivity contribution in [2.75, 3.05) is 10.6 Å². The number of anilines is 2. The molecule has 148 valence electrons. The van der Waals surface area contributed by atoms with Crippen LogP contribution in [-0.2, 0) is 14.4 Å². The van der Waals surface area contributed by atoms with Crippen molar-refractivity contribution < 1.29 is 14.4 Å². The molecular formula is C23H23N3O3. The number of carbonyl (C=O) groups is 3. The van der Waals surface area contributed by atoms with Gasteiger partial charge in [0.25, 0.3) is 0 Å². The van der Waals surface area contributed by atoms with Crippen LogP contribution >= 0.6 is 0 Å². The van der Waals surface area contributed by atoms with Gasteiger partial charge in [0, 0.05) is 17.8 Å². The average molecular weight is 389 g/mol. The summed E-state index contributed by atoms with van der Waals surface area (Å²) < 4.78 is 0. The molecular weight excluding hydrogens is 366 g/mol. The lowest BCUT2D eigenvalue weighted by molar-refractivity contribution is -0.136. The van der Waals surface area contributed by atoms with Gasteiger partial charge in [-0.1, -0.05) is 49.4 Å². The van der Waals surface area contributed by atoms with Gasteiger partial charge in [-0.3, -0.25) is 14.4 Å². The first kappa shape index (κ1) is 20.1. The van der Waals surface area contributed by atoms with Gasteiger partial charge in [-0.05, 0) is 47.5 Å². The van der Waals surface area contributed by atoms with Crippen molar-refractivity contribution in [3.63, 3.8) is 0 Å². The van der Waals surface area contributed by atoms with Gasteiger partial charge in [-0.25, -0.2) is 0 Å². The Morgan fingerprint density at radius 3 is 2.21 bits per heavy atom. The Labute approximate surface area is 169 Å². The van der Waals surface area contributed by atoms with E-state index in [1.165, 1.54) is 0 Å². The van der Waals surface area contributed by atoms with Crippen molar-refractivity contribution in [2.45, 2.75) is 26.3 Å². The number of hydrogen-bond acceptors (Lipinski definition) is 3. The van der Waals surface area contributed by atoms with Gasteiger partial charge in [0.1, 0.15) is 0 Å². The van der Waals surface area contributed by atoms with E-state index in [1.807, 2.05) is 49.4 Å². The predicted molar refractivity (Wildman–Crippen MR) is 114 cm³/mol. The van der Waals surface area contributed by atoms with Gasteiger partial charge < -0.3 is 16.0 Å². The van der Waals surface area contributed by atoms with Gasteiger partial charge in [0.15, 0.2) is 0 Å². The van der Waals surface area contributed by atoms with Crippen LogP contribution in [0, 0.1) is 0 Å². The van der Waals surface area contributed by atoms with E-state index >= 15 is 0 Å². The minimum atomic E-state index is -0.767. The zero-order valence-electron chi connectivity index (χ0n) is 16.4. The number of rotatable bonds is 5. The maximum absolute atomic E-state index is 12.3. The molecule has 3 amide bonds. The van der Waals surface area contributed by atoms with Crippen LogP contribution in [0.1, 0.15) is 31.9 Å². The molecule has 0 aromatic heterocycles. The summed E-state index contributed by atoms with van der Waals surface area (Å²) in [7, 11) is 0. The number of fused-ring (bicyclic) bond motifs is 1. The Balaban J connectivity index is 1.63. The van der Waals surface area contributed by atoms with Crippen molar-refractivity contribution in [1.29, 1.82) is 0 Å². The molecule has 0 radical (unpaired) electrons. The molecule has 0 saturated heterocycles. The third-order valence-electron chi connectivity index (χ3n) is 4.55. The van der Waals surface area contributed by atoms with Crippen LogP contribution in [0.5, 0.6) is 0 Å². The molecule has 3 rings (SSSR count). The summed E-state index contributed by atoms with van der Waals surface area (Å²) in [5, 5.41) is 10.2. The van der Waals surface area contributed by atoms with E-state index < -0.39 is 11.8 Å². The van der Waals surface area contributed by atoms with Gasteiger partial charge in [-0.15, -0.1) is 0 Å². The second kappa shape index (κ2) is 9.01. The van der Waals surface area contributed by atoms with E-state index in [1.54, 1.807) is 31.2 Å². The highest BCUT2D eigenvalue weighted by molar-refractivity contribution is 6.39. The second-order valence-electron chi connectivity index (χ2n) is 6.74. The monoisotopic (exact) mass is 389 g/mol. The van der Waals surface area contributed by atoms with Crippen molar-refractivity contribution >= 4 is 39.9 Å². The second-order valence-corrected chi connectivity index (χ2v) is 6.74. The first-order valence-corrected chi connectivity index (χ1v) is 9.46. The van der Waals surface area contributed by atoms with Gasteiger partial charge >= 0.3 is 11.8 Å². The minimum absolute atomic E-state index is 0.129. The van der Waals surface area contributed by atoms with E-state index in [2.05, 4.69) is 16.0 Å². The lowest BCUT2D eigenvalue weighted by Gasteiger charge is -2.15. The molecule has 1 atom stereocenters. The number of nitrogens with one attached hydrogen (secondary N) is 3. The smallest absolute Gasteiger partial charge is 0.313 e. The summed E-state index contributed by atoms with van der Waals surface area (Å²) in [6, 6.07) is 20.2. The fourth-order valence-corrected chi connectivity index (χ4v) is 2.93. The third kappa shape index (κ3) is 5.19. The van der Waals surface area contributed by atoms with Crippen molar-refractivity contribution in [3.8, 4) is 0 Å². The molecule has 0 aliphatic rings. The molecule has 0 aliphatic heterocycles. The first-order chi connectivity index (χ1) is 14.0. The molecule has 29 heavy (non-hydrogen) atoms. The van der Waals surface area contributed by atoms with E-state index in [-0.39, 0.29) is 11.9 Å². The fraction of sp³-hybridized carbons (Fsp3) is 0.174. The van der Waals surface area contributed by atoms with Crippen LogP contribution in [0.15, 0.2) is 66.7 Å². The predicted octanol–water partition coefficient (Wildman–Crippen LogP) is 4.00. The molecule has 0 bridgehead atoms. The molecule has 0 heterocycles. The van der Waals surface area contributed by atoms with Gasteiger partial charge in [-0.2, -0.15) is 0 Å². The molecule has 0 saturated carbocycles. The largest absolute Gasteiger partial charge is 0.341 e. The van der Waals surface area contributed by atoms with E-state index in [4.69, 9.17) is 0 Å². The highest BCUT2D eigenvalue weighted by Crippen LogP contribution is 2.20. The Bertz CT molecular complexity index is 1060. The van der Waals surface area contributed by atoms with E-state index in [9.17, 15) is 14.4 Å². The van der Waals surface area contributed by atoms with Crippen molar-refractivity contribution in [3.05, 3.63) is 72.3 Å². The molecule has 0 fully saturated rings. The zero-order valence-corrected chi connectivity index (χ0v) is 16.4. The number of benzene rings is 3. The Morgan fingerprint density at radius 2 is 1.48 bits per heavy atom. The topological polar surface area (TPSA) is 87.3 Å². The molecule has 6 nitrogen and oxygen atoms in total. The van der Waals surface area contributed by atoms with Crippen LogP contribution in [0.25, 0.3) is 10.8 Å². The molecule has 3 N–H and O–H groups in total. The van der Waals surface area contributed by atoms with Gasteiger partial charge in [0.05, 0.1) is 6.04 Å². The number of amides is 3. The minimum Gasteiger partial charge on any atom is -0.341 e. The van der Waals surface area contributed by atoms with Crippen LogP contribution in [0.3, 0.4) is 0 Å². The molecule has 0 spiro atoms. The number of carbonyl (C=O) groups excluding carboxylic acids is 3. The summed E-state index contributed by atoms with van der Waals surface area (Å²) in [5.74, 6) is -1.62. The summed E-state index contributed by atoms with van der Waals surface area (Å²) in [6.07, 6.45) is 0.353. The van der Waals surface area contributed by atoms with Crippen LogP contribution < -0.4 is 16.0 Å². The van der Waals surface area contributed by atoms with Crippen molar-refractivity contribution in [2.24, 2.45) is 0 Å². The van der Waals surface area contributed by atoms with E-state index in [0.717, 1.165) is 16.3 Å². The highest BCUT2D eigenvalue weighted by Gasteiger charge is 2.17. The Kier molecular flexibility index (Phi) is 6.24. The zero-order chi connectivity index (χ0) is 20.8. The summed E-state index contributed by atoms with van der Waals surface area (Å²) in [4.78, 5) is 36.1. The SMILES string of the molecule is CCC(=O)Nc1cccc(NC(=O)C(=O)N[C@@H](C)c2ccc3ccccc3c2)c1. The summed E-state index contributed by atoms with van der Waals surface area (Å²) in [5.41, 5.74) is 1.89. The molecule has 0 aliphatic carbocycles. The highest BCUT2D eigenvalue weighted by atomic mass is 16.2. The maximum atomic E-state index is 12.3. The standard InChI is InChI=1S/C23H23N3O3/c1-3-21(27)25-19-9-6-10-20(14-19)26-23(29)22(28)24-15(2)17-12-11-16-7-4-5-8-18(16)13-17/h4-15H,3H2,1-2H3,(H,24,28)(H,25,27)(H,26,29)/t15-/m0/s1. The molecule has 3 aromatic carbocycles. The quantitative estimate of drug-likeness (QED) is 0.576. The summed E-state index contributed by atoms with van der Waals surface area (Å²) in [6.45, 7) is 3.58. The third-order valence-corrected chi connectivity index (χ3v) is 4.55. The normalized spacial score (nSPS) is 11.5. The first-order valence-electron chi connectivity index (χ1n) is 9.46. The van der Waals surface area contributed by atoms with E-state index in [0.29, 0.717) is 17.8 Å². The average Bonchev–Trinajstić information content (AvgIpc) is 2.73. The lowest BCUT2D eigenvalue weighted by atomic mass is 10.0. The summed E-state index contributed by atoms with van der Waals surface area (Å²) >= 11 is 0. The lowest BCUT2D eigenvalue weighted by Crippen LogP contribution is -2.36.